The van der Waals surface area contributed by atoms with Gasteiger partial charge in [0.1, 0.15) is 12.4 Å². The van der Waals surface area contributed by atoms with Crippen LogP contribution < -0.4 is 5.73 Å². The summed E-state index contributed by atoms with van der Waals surface area (Å²) in [4.78, 5) is 8.04. The quantitative estimate of drug-likeness (QED) is 0.718. The van der Waals surface area contributed by atoms with Gasteiger partial charge in [-0.1, -0.05) is 0 Å². The molecule has 2 heterocycles. The lowest BCUT2D eigenvalue weighted by Crippen LogP contribution is -2.18. The number of ether oxygens (including phenoxy) is 1. The first-order valence-electron chi connectivity index (χ1n) is 4.49. The lowest BCUT2D eigenvalue weighted by Gasteiger charge is -2.15. The minimum Gasteiger partial charge on any atom is -0.372 e. The standard InChI is InChI=1S/C9H13N3O/c10-5-7-2-4-13-9(7)8-1-3-11-6-12-8/h1,3,6-7,9H,2,4-5,10H2. The largest absolute Gasteiger partial charge is 0.372 e. The zero-order valence-electron chi connectivity index (χ0n) is 7.39. The van der Waals surface area contributed by atoms with E-state index in [0.717, 1.165) is 18.7 Å². The maximum absolute atomic E-state index is 5.64. The van der Waals surface area contributed by atoms with E-state index < -0.39 is 0 Å². The Morgan fingerprint density at radius 3 is 3.23 bits per heavy atom. The summed E-state index contributed by atoms with van der Waals surface area (Å²) in [5.41, 5.74) is 6.59. The summed E-state index contributed by atoms with van der Waals surface area (Å²) in [7, 11) is 0. The molecule has 1 aliphatic heterocycles. The fraction of sp³-hybridized carbons (Fsp3) is 0.556. The Morgan fingerprint density at radius 1 is 1.62 bits per heavy atom. The molecule has 1 aliphatic rings. The first-order valence-corrected chi connectivity index (χ1v) is 4.49. The first kappa shape index (κ1) is 8.59. The average Bonchev–Trinajstić information content (AvgIpc) is 2.67. The summed E-state index contributed by atoms with van der Waals surface area (Å²) in [5, 5.41) is 0. The van der Waals surface area contributed by atoms with E-state index in [1.807, 2.05) is 6.07 Å². The summed E-state index contributed by atoms with van der Waals surface area (Å²) in [6.45, 7) is 1.45. The molecule has 0 aromatic carbocycles. The van der Waals surface area contributed by atoms with E-state index in [0.29, 0.717) is 12.5 Å². The van der Waals surface area contributed by atoms with Crippen molar-refractivity contribution in [1.29, 1.82) is 0 Å². The monoisotopic (exact) mass is 179 g/mol. The normalized spacial score (nSPS) is 27.8. The maximum atomic E-state index is 5.64. The molecule has 0 amide bonds. The molecular weight excluding hydrogens is 166 g/mol. The van der Waals surface area contributed by atoms with Crippen LogP contribution in [0.3, 0.4) is 0 Å². The number of nitrogens with zero attached hydrogens (tertiary/aromatic N) is 2. The molecule has 2 atom stereocenters. The van der Waals surface area contributed by atoms with Gasteiger partial charge < -0.3 is 10.5 Å². The van der Waals surface area contributed by atoms with Gasteiger partial charge in [0.25, 0.3) is 0 Å². The molecule has 4 nitrogen and oxygen atoms in total. The predicted molar refractivity (Wildman–Crippen MR) is 47.9 cm³/mol. The molecule has 1 aromatic rings. The van der Waals surface area contributed by atoms with Crippen LogP contribution in [0.25, 0.3) is 0 Å². The van der Waals surface area contributed by atoms with Crippen LogP contribution in [0.2, 0.25) is 0 Å². The minimum absolute atomic E-state index is 0.0769. The lowest BCUT2D eigenvalue weighted by atomic mass is 9.99. The highest BCUT2D eigenvalue weighted by molar-refractivity contribution is 5.05. The SMILES string of the molecule is NCC1CCOC1c1ccncn1. The van der Waals surface area contributed by atoms with Crippen molar-refractivity contribution >= 4 is 0 Å². The Labute approximate surface area is 77.1 Å². The van der Waals surface area contributed by atoms with Crippen molar-refractivity contribution < 1.29 is 4.74 Å². The Bertz CT molecular complexity index is 265. The minimum atomic E-state index is 0.0769. The molecular formula is C9H13N3O. The first-order chi connectivity index (χ1) is 6.42. The molecule has 1 fully saturated rings. The van der Waals surface area contributed by atoms with Gasteiger partial charge in [-0.3, -0.25) is 0 Å². The zero-order chi connectivity index (χ0) is 9.10. The fourth-order valence-corrected chi connectivity index (χ4v) is 1.67. The molecule has 2 rings (SSSR count). The lowest BCUT2D eigenvalue weighted by molar-refractivity contribution is 0.0889. The maximum Gasteiger partial charge on any atom is 0.115 e. The van der Waals surface area contributed by atoms with Gasteiger partial charge in [-0.15, -0.1) is 0 Å². The molecule has 0 saturated carbocycles. The molecule has 1 aromatic heterocycles. The second-order valence-corrected chi connectivity index (χ2v) is 3.21. The van der Waals surface area contributed by atoms with Gasteiger partial charge in [-0.2, -0.15) is 0 Å². The van der Waals surface area contributed by atoms with Crippen molar-refractivity contribution in [2.24, 2.45) is 11.7 Å². The van der Waals surface area contributed by atoms with Gasteiger partial charge in [0.05, 0.1) is 5.69 Å². The number of aromatic nitrogens is 2. The van der Waals surface area contributed by atoms with Gasteiger partial charge in [-0.25, -0.2) is 9.97 Å². The van der Waals surface area contributed by atoms with Crippen LogP contribution >= 0.6 is 0 Å². The summed E-state index contributed by atoms with van der Waals surface area (Å²) < 4.78 is 5.57. The van der Waals surface area contributed by atoms with Gasteiger partial charge >= 0.3 is 0 Å². The Kier molecular flexibility index (Phi) is 2.52. The molecule has 1 saturated heterocycles. The van der Waals surface area contributed by atoms with Crippen LogP contribution in [-0.2, 0) is 4.74 Å². The fourth-order valence-electron chi connectivity index (χ4n) is 1.67. The van der Waals surface area contributed by atoms with Crippen LogP contribution in [-0.4, -0.2) is 23.1 Å². The molecule has 0 bridgehead atoms. The van der Waals surface area contributed by atoms with Crippen LogP contribution in [0.15, 0.2) is 18.6 Å². The molecule has 0 radical (unpaired) electrons. The van der Waals surface area contributed by atoms with Gasteiger partial charge in [0.15, 0.2) is 0 Å². The van der Waals surface area contributed by atoms with E-state index in [1.54, 1.807) is 12.5 Å². The number of hydrogen-bond acceptors (Lipinski definition) is 4. The van der Waals surface area contributed by atoms with Gasteiger partial charge in [0, 0.05) is 18.7 Å². The molecule has 4 heteroatoms. The van der Waals surface area contributed by atoms with Crippen molar-refractivity contribution in [2.45, 2.75) is 12.5 Å². The van der Waals surface area contributed by atoms with Crippen LogP contribution in [0.4, 0.5) is 0 Å². The molecule has 2 unspecified atom stereocenters. The third kappa shape index (κ3) is 1.68. The number of hydrogen-bond donors (Lipinski definition) is 1. The summed E-state index contributed by atoms with van der Waals surface area (Å²) >= 11 is 0. The van der Waals surface area contributed by atoms with E-state index in [4.69, 9.17) is 10.5 Å². The van der Waals surface area contributed by atoms with Crippen LogP contribution in [0, 0.1) is 5.92 Å². The van der Waals surface area contributed by atoms with Gasteiger partial charge in [-0.05, 0) is 19.0 Å². The second-order valence-electron chi connectivity index (χ2n) is 3.21. The van der Waals surface area contributed by atoms with E-state index in [9.17, 15) is 0 Å². The van der Waals surface area contributed by atoms with E-state index in [-0.39, 0.29) is 6.10 Å². The summed E-state index contributed by atoms with van der Waals surface area (Å²) in [5.74, 6) is 0.412. The van der Waals surface area contributed by atoms with Crippen molar-refractivity contribution in [3.8, 4) is 0 Å². The highest BCUT2D eigenvalue weighted by Crippen LogP contribution is 2.31. The van der Waals surface area contributed by atoms with Crippen LogP contribution in [0.1, 0.15) is 18.2 Å². The molecule has 0 aliphatic carbocycles. The van der Waals surface area contributed by atoms with Crippen LogP contribution in [0.5, 0.6) is 0 Å². The van der Waals surface area contributed by atoms with Crippen molar-refractivity contribution in [1.82, 2.24) is 9.97 Å². The Morgan fingerprint density at radius 2 is 2.54 bits per heavy atom. The summed E-state index contributed by atoms with van der Waals surface area (Å²) in [6.07, 6.45) is 4.39. The molecule has 2 N–H and O–H groups in total. The molecule has 13 heavy (non-hydrogen) atoms. The predicted octanol–water partition coefficient (Wildman–Crippen LogP) is 0.513. The van der Waals surface area contributed by atoms with E-state index in [2.05, 4.69) is 9.97 Å². The van der Waals surface area contributed by atoms with E-state index >= 15 is 0 Å². The third-order valence-corrected chi connectivity index (χ3v) is 2.41. The van der Waals surface area contributed by atoms with Crippen molar-refractivity contribution in [2.75, 3.05) is 13.2 Å². The Balaban J connectivity index is 2.16. The molecule has 70 valence electrons. The summed E-state index contributed by atoms with van der Waals surface area (Å²) in [6, 6.07) is 1.89. The smallest absolute Gasteiger partial charge is 0.115 e. The van der Waals surface area contributed by atoms with Crippen molar-refractivity contribution in [3.63, 3.8) is 0 Å². The molecule has 0 spiro atoms. The highest BCUT2D eigenvalue weighted by atomic mass is 16.5. The highest BCUT2D eigenvalue weighted by Gasteiger charge is 2.29. The van der Waals surface area contributed by atoms with Gasteiger partial charge in [0.2, 0.25) is 0 Å². The number of rotatable bonds is 2. The zero-order valence-corrected chi connectivity index (χ0v) is 7.39. The number of nitrogens with two attached hydrogens (primary N) is 1. The van der Waals surface area contributed by atoms with E-state index in [1.165, 1.54) is 0 Å². The topological polar surface area (TPSA) is 61.0 Å². The van der Waals surface area contributed by atoms with Crippen molar-refractivity contribution in [3.05, 3.63) is 24.3 Å². The second kappa shape index (κ2) is 3.81. The third-order valence-electron chi connectivity index (χ3n) is 2.41. The Hall–Kier alpha value is -1.00. The average molecular weight is 179 g/mol.